The maximum Gasteiger partial charge on any atom is 0.211 e. The number of nitrogens with two attached hydrogens (primary N) is 2. The van der Waals surface area contributed by atoms with Crippen LogP contribution in [0.25, 0.3) is 11.1 Å². The van der Waals surface area contributed by atoms with Crippen molar-refractivity contribution in [3.63, 3.8) is 0 Å². The van der Waals surface area contributed by atoms with Crippen molar-refractivity contribution < 1.29 is 25.6 Å². The number of primary sulfonamides is 2. The van der Waals surface area contributed by atoms with Gasteiger partial charge in [-0.2, -0.15) is 0 Å². The zero-order chi connectivity index (χ0) is 25.9. The van der Waals surface area contributed by atoms with Crippen molar-refractivity contribution in [3.8, 4) is 11.1 Å². The van der Waals surface area contributed by atoms with Crippen LogP contribution in [0.2, 0.25) is 0 Å². The lowest BCUT2D eigenvalue weighted by atomic mass is 9.89. The number of halogens is 2. The molecule has 0 aliphatic carbocycles. The molecule has 0 heterocycles. The predicted octanol–water partition coefficient (Wildman–Crippen LogP) is 4.64. The van der Waals surface area contributed by atoms with Gasteiger partial charge in [0.1, 0.15) is 11.3 Å². The van der Waals surface area contributed by atoms with E-state index < -0.39 is 41.9 Å². The molecule has 0 aliphatic rings. The number of sulfonamides is 2. The quantitative estimate of drug-likeness (QED) is 0.452. The molecule has 10 heteroatoms. The second kappa shape index (κ2) is 10.4. The van der Waals surface area contributed by atoms with Gasteiger partial charge >= 0.3 is 0 Å². The van der Waals surface area contributed by atoms with Gasteiger partial charge in [-0.1, -0.05) is 48.5 Å². The highest BCUT2D eigenvalue weighted by atomic mass is 32.2. The second-order valence-corrected chi connectivity index (χ2v) is 13.4. The molecule has 4 N–H and O–H groups in total. The summed E-state index contributed by atoms with van der Waals surface area (Å²) in [7, 11) is -7.41. The van der Waals surface area contributed by atoms with E-state index >= 15 is 8.78 Å². The standard InChI is InChI=1S/C24H34F2N2O4S2/c1-17(33(27,29)30)13-15-23(3,25)21-9-5-19(6-10-21)20-7-11-22(12-8-20)24(4,26)16-14-18(2)34(28,31)32/h5-12,17-18H,13-16H2,1-4H3,(H2,27,29,30)(H2,28,31,32). The van der Waals surface area contributed by atoms with Gasteiger partial charge in [0, 0.05) is 0 Å². The van der Waals surface area contributed by atoms with Crippen LogP contribution in [0.15, 0.2) is 48.5 Å². The van der Waals surface area contributed by atoms with E-state index in [-0.39, 0.29) is 25.7 Å². The van der Waals surface area contributed by atoms with Crippen LogP contribution in [0.4, 0.5) is 8.78 Å². The maximum atomic E-state index is 15.2. The largest absolute Gasteiger partial charge is 0.239 e. The number of alkyl halides is 2. The summed E-state index contributed by atoms with van der Waals surface area (Å²) in [6.07, 6.45) is 0.232. The number of rotatable bonds is 11. The third kappa shape index (κ3) is 7.56. The van der Waals surface area contributed by atoms with E-state index in [1.165, 1.54) is 27.7 Å². The van der Waals surface area contributed by atoms with E-state index in [1.54, 1.807) is 48.5 Å². The lowest BCUT2D eigenvalue weighted by molar-refractivity contribution is 0.172. The first-order valence-electron chi connectivity index (χ1n) is 11.1. The van der Waals surface area contributed by atoms with Gasteiger partial charge in [-0.3, -0.25) is 0 Å². The Morgan fingerprint density at radius 3 is 1.18 bits per heavy atom. The van der Waals surface area contributed by atoms with Gasteiger partial charge in [0.25, 0.3) is 0 Å². The highest BCUT2D eigenvalue weighted by Gasteiger charge is 2.30. The normalized spacial score (nSPS) is 18.0. The Hall–Kier alpha value is -1.88. The van der Waals surface area contributed by atoms with Gasteiger partial charge in [0.05, 0.1) is 10.5 Å². The topological polar surface area (TPSA) is 120 Å². The minimum absolute atomic E-state index is 0.0117. The minimum atomic E-state index is -3.70. The molecule has 0 saturated heterocycles. The van der Waals surface area contributed by atoms with Gasteiger partial charge in [-0.05, 0) is 75.6 Å². The summed E-state index contributed by atoms with van der Waals surface area (Å²) >= 11 is 0. The van der Waals surface area contributed by atoms with Crippen LogP contribution in [-0.2, 0) is 31.4 Å². The van der Waals surface area contributed by atoms with Crippen molar-refractivity contribution in [2.75, 3.05) is 0 Å². The van der Waals surface area contributed by atoms with Crippen LogP contribution < -0.4 is 10.3 Å². The molecule has 6 nitrogen and oxygen atoms in total. The maximum absolute atomic E-state index is 15.2. The average Bonchev–Trinajstić information content (AvgIpc) is 2.74. The SMILES string of the molecule is CC(CCC(C)(F)c1ccc(-c2ccc(C(C)(F)CCC(C)S(N)(=O)=O)cc2)cc1)S(N)(=O)=O. The van der Waals surface area contributed by atoms with Crippen LogP contribution in [0.5, 0.6) is 0 Å². The summed E-state index contributed by atoms with van der Waals surface area (Å²) in [6, 6.07) is 13.6. The Morgan fingerprint density at radius 2 is 0.941 bits per heavy atom. The van der Waals surface area contributed by atoms with Gasteiger partial charge < -0.3 is 0 Å². The van der Waals surface area contributed by atoms with Crippen molar-refractivity contribution in [2.45, 2.75) is 75.2 Å². The van der Waals surface area contributed by atoms with Crippen LogP contribution in [0, 0.1) is 0 Å². The molecule has 0 spiro atoms. The van der Waals surface area contributed by atoms with Gasteiger partial charge in [0.15, 0.2) is 0 Å². The molecule has 0 amide bonds. The molecule has 2 aromatic carbocycles. The summed E-state index contributed by atoms with van der Waals surface area (Å²) in [4.78, 5) is 0. The molecule has 34 heavy (non-hydrogen) atoms. The molecular weight excluding hydrogens is 482 g/mol. The molecule has 4 atom stereocenters. The van der Waals surface area contributed by atoms with E-state index in [4.69, 9.17) is 10.3 Å². The fourth-order valence-electron chi connectivity index (χ4n) is 3.59. The van der Waals surface area contributed by atoms with Crippen LogP contribution in [0.3, 0.4) is 0 Å². The first-order valence-corrected chi connectivity index (χ1v) is 14.3. The fraction of sp³-hybridized carbons (Fsp3) is 0.500. The smallest absolute Gasteiger partial charge is 0.211 e. The molecule has 4 unspecified atom stereocenters. The molecule has 0 radical (unpaired) electrons. The highest BCUT2D eigenvalue weighted by Crippen LogP contribution is 2.35. The molecule has 190 valence electrons. The van der Waals surface area contributed by atoms with E-state index in [0.29, 0.717) is 11.1 Å². The van der Waals surface area contributed by atoms with Crippen molar-refractivity contribution >= 4 is 20.0 Å². The molecule has 0 fully saturated rings. The van der Waals surface area contributed by atoms with Crippen LogP contribution in [-0.4, -0.2) is 27.3 Å². The molecule has 2 aromatic rings. The first-order chi connectivity index (χ1) is 15.4. The molecule has 0 aliphatic heterocycles. The number of hydrogen-bond acceptors (Lipinski definition) is 4. The zero-order valence-electron chi connectivity index (χ0n) is 20.0. The molecule has 0 bridgehead atoms. The Labute approximate surface area is 201 Å². The lowest BCUT2D eigenvalue weighted by Crippen LogP contribution is -2.28. The van der Waals surface area contributed by atoms with Crippen molar-refractivity contribution in [1.82, 2.24) is 0 Å². The van der Waals surface area contributed by atoms with Crippen molar-refractivity contribution in [1.29, 1.82) is 0 Å². The van der Waals surface area contributed by atoms with Crippen LogP contribution >= 0.6 is 0 Å². The molecule has 0 saturated carbocycles. The Bertz CT molecular complexity index is 1080. The summed E-state index contributed by atoms with van der Waals surface area (Å²) in [5.74, 6) is 0. The Kier molecular flexibility index (Phi) is 8.67. The third-order valence-electron chi connectivity index (χ3n) is 6.47. The fourth-order valence-corrected chi connectivity index (χ4v) is 4.48. The zero-order valence-corrected chi connectivity index (χ0v) is 21.6. The second-order valence-electron chi connectivity index (χ2n) is 9.43. The Morgan fingerprint density at radius 1 is 0.676 bits per heavy atom. The minimum Gasteiger partial charge on any atom is -0.239 e. The Balaban J connectivity index is 2.10. The third-order valence-corrected chi connectivity index (χ3v) is 9.18. The molecule has 2 rings (SSSR count). The van der Waals surface area contributed by atoms with Gasteiger partial charge in [-0.15, -0.1) is 0 Å². The van der Waals surface area contributed by atoms with E-state index in [1.807, 2.05) is 0 Å². The van der Waals surface area contributed by atoms with E-state index in [2.05, 4.69) is 0 Å². The van der Waals surface area contributed by atoms with E-state index in [9.17, 15) is 16.8 Å². The summed E-state index contributed by atoms with van der Waals surface area (Å²) in [6.45, 7) is 5.74. The summed E-state index contributed by atoms with van der Waals surface area (Å²) in [5, 5.41) is 8.57. The monoisotopic (exact) mass is 516 g/mol. The molecular formula is C24H34F2N2O4S2. The van der Waals surface area contributed by atoms with Crippen molar-refractivity contribution in [3.05, 3.63) is 59.7 Å². The summed E-state index contributed by atoms with van der Waals surface area (Å²) in [5.41, 5.74) is -0.957. The van der Waals surface area contributed by atoms with Gasteiger partial charge in [-0.25, -0.2) is 35.9 Å². The van der Waals surface area contributed by atoms with Gasteiger partial charge in [0.2, 0.25) is 20.0 Å². The molecule has 0 aromatic heterocycles. The number of benzene rings is 2. The number of hydrogen-bond donors (Lipinski definition) is 2. The van der Waals surface area contributed by atoms with E-state index in [0.717, 1.165) is 11.1 Å². The summed E-state index contributed by atoms with van der Waals surface area (Å²) < 4.78 is 75.9. The van der Waals surface area contributed by atoms with Crippen LogP contribution in [0.1, 0.15) is 64.5 Å². The lowest BCUT2D eigenvalue weighted by Gasteiger charge is -2.23. The average molecular weight is 517 g/mol. The predicted molar refractivity (Wildman–Crippen MR) is 132 cm³/mol. The van der Waals surface area contributed by atoms with Crippen molar-refractivity contribution in [2.24, 2.45) is 10.3 Å². The highest BCUT2D eigenvalue weighted by molar-refractivity contribution is 7.90. The first kappa shape index (κ1) is 28.4.